The molecule has 0 spiro atoms. The molecule has 0 saturated heterocycles. The molecule has 5 heterocycles. The van der Waals surface area contributed by atoms with E-state index in [9.17, 15) is 0 Å². The second-order valence-electron chi connectivity index (χ2n) is 13.0. The molecule has 0 fully saturated rings. The van der Waals surface area contributed by atoms with Crippen molar-refractivity contribution in [3.8, 4) is 39.7 Å². The molecule has 11 rings (SSSR count). The summed E-state index contributed by atoms with van der Waals surface area (Å²) in [7, 11) is 0. The highest BCUT2D eigenvalue weighted by Crippen LogP contribution is 2.42. The van der Waals surface area contributed by atoms with Gasteiger partial charge in [0.05, 0.1) is 28.1 Å². The Labute approximate surface area is 287 Å². The number of imidazole rings is 1. The fourth-order valence-corrected chi connectivity index (χ4v) is 8.05. The quantitative estimate of drug-likeness (QED) is 0.180. The van der Waals surface area contributed by atoms with E-state index in [-0.39, 0.29) is 0 Å². The number of nitrogens with zero attached hydrogens (tertiary/aromatic N) is 4. The molecule has 50 heavy (non-hydrogen) atoms. The van der Waals surface area contributed by atoms with E-state index in [1.165, 1.54) is 32.8 Å². The van der Waals surface area contributed by atoms with Crippen LogP contribution in [0.3, 0.4) is 0 Å². The lowest BCUT2D eigenvalue weighted by Crippen LogP contribution is -2.08. The molecule has 1 aliphatic heterocycles. The zero-order valence-corrected chi connectivity index (χ0v) is 26.9. The lowest BCUT2D eigenvalue weighted by Gasteiger charge is -2.21. The molecule has 0 amide bonds. The van der Waals surface area contributed by atoms with Gasteiger partial charge in [0.2, 0.25) is 0 Å². The van der Waals surface area contributed by atoms with Gasteiger partial charge in [0, 0.05) is 51.4 Å². The van der Waals surface area contributed by atoms with Gasteiger partial charge in [0.1, 0.15) is 22.8 Å². The fraction of sp³-hybridized carbons (Fsp3) is 0.0222. The van der Waals surface area contributed by atoms with E-state index in [1.807, 2.05) is 18.3 Å². The summed E-state index contributed by atoms with van der Waals surface area (Å²) in [4.78, 5) is 10.2. The molecule has 0 N–H and O–H groups in total. The van der Waals surface area contributed by atoms with Crippen LogP contribution in [0.2, 0.25) is 0 Å². The molecule has 6 aromatic carbocycles. The molecule has 0 unspecified atom stereocenters. The minimum absolute atomic E-state index is 0.761. The average molecular weight is 641 g/mol. The molecule has 0 atom stereocenters. The van der Waals surface area contributed by atoms with Crippen molar-refractivity contribution in [2.24, 2.45) is 0 Å². The monoisotopic (exact) mass is 640 g/mol. The third-order valence-corrected chi connectivity index (χ3v) is 10.2. The third-order valence-electron chi connectivity index (χ3n) is 10.2. The number of fused-ring (bicyclic) bond motifs is 11. The van der Waals surface area contributed by atoms with E-state index >= 15 is 0 Å². The molecule has 5 heteroatoms. The predicted molar refractivity (Wildman–Crippen MR) is 203 cm³/mol. The van der Waals surface area contributed by atoms with Gasteiger partial charge in [-0.3, -0.25) is 8.97 Å². The molecule has 5 nitrogen and oxygen atoms in total. The van der Waals surface area contributed by atoms with Gasteiger partial charge in [0.15, 0.2) is 0 Å². The Morgan fingerprint density at radius 3 is 2.14 bits per heavy atom. The number of para-hydroxylation sites is 2. The van der Waals surface area contributed by atoms with Crippen LogP contribution >= 0.6 is 0 Å². The molecule has 1 aliphatic rings. The number of rotatable bonds is 4. The summed E-state index contributed by atoms with van der Waals surface area (Å²) in [6, 6.07) is 53.3. The first-order chi connectivity index (χ1) is 24.8. The number of aromatic nitrogens is 4. The summed E-state index contributed by atoms with van der Waals surface area (Å²) in [5.74, 6) is 1.54. The lowest BCUT2D eigenvalue weighted by atomic mass is 9.97. The van der Waals surface area contributed by atoms with E-state index < -0.39 is 0 Å². The Kier molecular flexibility index (Phi) is 5.66. The summed E-state index contributed by atoms with van der Waals surface area (Å²) >= 11 is 0. The van der Waals surface area contributed by atoms with Crippen molar-refractivity contribution >= 4 is 49.3 Å². The normalized spacial score (nSPS) is 12.3. The minimum atomic E-state index is 0.761. The van der Waals surface area contributed by atoms with Gasteiger partial charge in [-0.05, 0) is 59.0 Å². The maximum atomic E-state index is 6.72. The van der Waals surface area contributed by atoms with E-state index in [0.717, 1.165) is 73.7 Å². The van der Waals surface area contributed by atoms with Crippen LogP contribution in [0.15, 0.2) is 158 Å². The van der Waals surface area contributed by atoms with Crippen molar-refractivity contribution in [1.29, 1.82) is 0 Å². The Balaban J connectivity index is 1.11. The number of hydrogen-bond donors (Lipinski definition) is 0. The topological polar surface area (TPSA) is 44.3 Å². The van der Waals surface area contributed by atoms with Crippen molar-refractivity contribution in [1.82, 2.24) is 18.9 Å². The zero-order chi connectivity index (χ0) is 32.8. The first-order valence-corrected chi connectivity index (χ1v) is 17.0. The van der Waals surface area contributed by atoms with Crippen LogP contribution in [0, 0.1) is 0 Å². The molecule has 0 saturated carbocycles. The molecular weight excluding hydrogens is 613 g/mol. The Morgan fingerprint density at radius 2 is 1.26 bits per heavy atom. The molecule has 0 radical (unpaired) electrons. The minimum Gasteiger partial charge on any atom is -0.457 e. The van der Waals surface area contributed by atoms with Crippen LogP contribution in [-0.4, -0.2) is 18.9 Å². The molecule has 0 aliphatic carbocycles. The van der Waals surface area contributed by atoms with Crippen molar-refractivity contribution < 1.29 is 4.74 Å². The highest BCUT2D eigenvalue weighted by molar-refractivity contribution is 6.14. The van der Waals surface area contributed by atoms with Gasteiger partial charge in [-0.15, -0.1) is 0 Å². The van der Waals surface area contributed by atoms with E-state index in [0.29, 0.717) is 0 Å². The van der Waals surface area contributed by atoms with Gasteiger partial charge in [-0.1, -0.05) is 103 Å². The van der Waals surface area contributed by atoms with Crippen LogP contribution < -0.4 is 4.74 Å². The second kappa shape index (κ2) is 10.4. The van der Waals surface area contributed by atoms with Gasteiger partial charge in [-0.2, -0.15) is 0 Å². The number of pyridine rings is 2. The summed E-state index contributed by atoms with van der Waals surface area (Å²) in [6.07, 6.45) is 2.75. The second-order valence-corrected chi connectivity index (χ2v) is 13.0. The van der Waals surface area contributed by atoms with E-state index in [4.69, 9.17) is 14.7 Å². The van der Waals surface area contributed by atoms with Crippen molar-refractivity contribution in [2.75, 3.05) is 0 Å². The van der Waals surface area contributed by atoms with Gasteiger partial charge < -0.3 is 4.74 Å². The van der Waals surface area contributed by atoms with Crippen LogP contribution in [0.4, 0.5) is 0 Å². The first kappa shape index (κ1) is 27.3. The van der Waals surface area contributed by atoms with Gasteiger partial charge >= 0.3 is 0 Å². The first-order valence-electron chi connectivity index (χ1n) is 17.0. The smallest absolute Gasteiger partial charge is 0.146 e. The SMILES string of the molecule is c1ccc(-c2nc3c4cc(Oc5ccc6c(c5)-n5c7ncccc7c7cccc(c75)C6)ccc4c4ccccc4n3c2-c2ccccc2)cc1. The molecular formula is C45H28N4O. The average Bonchev–Trinajstić information content (AvgIpc) is 3.75. The Morgan fingerprint density at radius 1 is 0.520 bits per heavy atom. The largest absolute Gasteiger partial charge is 0.457 e. The number of benzene rings is 6. The predicted octanol–water partition coefficient (Wildman–Crippen LogP) is 11.2. The van der Waals surface area contributed by atoms with E-state index in [2.05, 4.69) is 148 Å². The van der Waals surface area contributed by atoms with Crippen LogP contribution in [0.5, 0.6) is 11.5 Å². The molecule has 10 aromatic rings. The fourth-order valence-electron chi connectivity index (χ4n) is 8.05. The maximum absolute atomic E-state index is 6.72. The number of ether oxygens (including phenoxy) is 1. The van der Waals surface area contributed by atoms with Crippen molar-refractivity contribution in [2.45, 2.75) is 6.42 Å². The Bertz CT molecular complexity index is 2980. The number of hydrogen-bond acceptors (Lipinski definition) is 3. The highest BCUT2D eigenvalue weighted by Gasteiger charge is 2.24. The Hall–Kier alpha value is -6.72. The summed E-state index contributed by atoms with van der Waals surface area (Å²) in [5.41, 5.74) is 12.1. The van der Waals surface area contributed by atoms with Gasteiger partial charge in [-0.25, -0.2) is 9.97 Å². The highest BCUT2D eigenvalue weighted by atomic mass is 16.5. The summed E-state index contributed by atoms with van der Waals surface area (Å²) in [5, 5.41) is 5.74. The standard InChI is InChI=1S/C45H28N4O/c1-3-11-28(12-4-1)41-43(29-13-5-2-6-14-29)48-39-19-8-7-16-35(39)34-23-22-32(26-38(34)45(48)47-41)50-33-21-20-30-25-31-15-9-17-36-37-18-10-24-46-44(37)49(42(31)36)40(30)27-33/h1-24,26-27H,25H2. The van der Waals surface area contributed by atoms with Gasteiger partial charge in [0.25, 0.3) is 0 Å². The van der Waals surface area contributed by atoms with E-state index in [1.54, 1.807) is 0 Å². The van der Waals surface area contributed by atoms with Crippen molar-refractivity contribution in [3.05, 3.63) is 169 Å². The third kappa shape index (κ3) is 3.89. The molecule has 4 aromatic heterocycles. The lowest BCUT2D eigenvalue weighted by molar-refractivity contribution is 0.483. The summed E-state index contributed by atoms with van der Waals surface area (Å²) in [6.45, 7) is 0. The zero-order valence-electron chi connectivity index (χ0n) is 26.9. The summed E-state index contributed by atoms with van der Waals surface area (Å²) < 4.78 is 11.4. The maximum Gasteiger partial charge on any atom is 0.146 e. The van der Waals surface area contributed by atoms with Crippen LogP contribution in [-0.2, 0) is 6.42 Å². The van der Waals surface area contributed by atoms with Crippen LogP contribution in [0.1, 0.15) is 11.1 Å². The van der Waals surface area contributed by atoms with Crippen LogP contribution in [0.25, 0.3) is 77.5 Å². The molecule has 234 valence electrons. The van der Waals surface area contributed by atoms with Crippen molar-refractivity contribution in [3.63, 3.8) is 0 Å². The molecule has 0 bridgehead atoms.